The van der Waals surface area contributed by atoms with Crippen LogP contribution in [0.5, 0.6) is 5.75 Å². The molecular weight excluding hydrogens is 396 g/mol. The Morgan fingerprint density at radius 2 is 1.54 bits per heavy atom. The van der Waals surface area contributed by atoms with Gasteiger partial charge in [-0.05, 0) is 28.6 Å². The minimum atomic E-state index is -0.578. The van der Waals surface area contributed by atoms with E-state index in [1.807, 2.05) is 24.3 Å². The maximum atomic E-state index is 13.7. The van der Waals surface area contributed by atoms with Gasteiger partial charge in [0.05, 0.1) is 5.82 Å². The maximum Gasteiger partial charge on any atom is 1.00 e. The average Bonchev–Trinajstić information content (AvgIpc) is 2.57. The van der Waals surface area contributed by atoms with Gasteiger partial charge in [0.2, 0.25) is 0 Å². The van der Waals surface area contributed by atoms with Crippen LogP contribution in [0, 0.1) is 18.8 Å². The van der Waals surface area contributed by atoms with Crippen molar-refractivity contribution in [1.29, 1.82) is 0 Å². The van der Waals surface area contributed by atoms with E-state index >= 15 is 0 Å². The van der Waals surface area contributed by atoms with Crippen molar-refractivity contribution >= 4 is 11.6 Å². The molecule has 0 N–H and O–H groups in total. The van der Waals surface area contributed by atoms with Crippen LogP contribution in [0.4, 0.5) is 4.39 Å². The van der Waals surface area contributed by atoms with Gasteiger partial charge in [-0.25, -0.2) is 0 Å². The van der Waals surface area contributed by atoms with Crippen LogP contribution in [0.3, 0.4) is 0 Å². The summed E-state index contributed by atoms with van der Waals surface area (Å²) < 4.78 is 19.2. The molecule has 0 unspecified atom stereocenters. The van der Waals surface area contributed by atoms with Gasteiger partial charge in [-0.1, -0.05) is 54.1 Å². The summed E-state index contributed by atoms with van der Waals surface area (Å²) in [7, 11) is 0. The van der Waals surface area contributed by atoms with Gasteiger partial charge in [-0.2, -0.15) is 12.1 Å². The van der Waals surface area contributed by atoms with E-state index in [9.17, 15) is 4.39 Å². The molecule has 0 bridgehead atoms. The van der Waals surface area contributed by atoms with Crippen molar-refractivity contribution in [2.45, 2.75) is 13.5 Å². The van der Waals surface area contributed by atoms with E-state index in [-0.39, 0.29) is 75.6 Å². The Morgan fingerprint density at radius 3 is 2.17 bits per heavy atom. The van der Waals surface area contributed by atoms with E-state index in [4.69, 9.17) is 16.3 Å². The summed E-state index contributed by atoms with van der Waals surface area (Å²) in [6, 6.07) is 22.0. The third-order valence-electron chi connectivity index (χ3n) is 3.59. The Hall–Kier alpha value is -0.515. The standard InChI is InChI=1S/C20H15ClFO.Rb/c1-14-5-9-16(10-6-14)17-11-7-15(8-12-17)13-23-19-4-2-3-18(21)20(19)22;/h2,4-12H,13H2,1H3;/q-1;+1. The van der Waals surface area contributed by atoms with Crippen molar-refractivity contribution in [3.05, 3.63) is 88.7 Å². The van der Waals surface area contributed by atoms with Gasteiger partial charge in [-0.15, -0.1) is 17.7 Å². The molecule has 3 aromatic rings. The van der Waals surface area contributed by atoms with E-state index in [0.29, 0.717) is 0 Å². The monoisotopic (exact) mass is 410 g/mol. The van der Waals surface area contributed by atoms with Crippen molar-refractivity contribution in [1.82, 2.24) is 0 Å². The summed E-state index contributed by atoms with van der Waals surface area (Å²) in [5.41, 5.74) is 4.50. The molecule has 3 aromatic carbocycles. The fraction of sp³-hybridized carbons (Fsp3) is 0.100. The van der Waals surface area contributed by atoms with Crippen LogP contribution >= 0.6 is 11.6 Å². The molecule has 0 saturated carbocycles. The molecule has 0 aromatic heterocycles. The van der Waals surface area contributed by atoms with Crippen LogP contribution in [0.25, 0.3) is 11.1 Å². The van der Waals surface area contributed by atoms with E-state index in [1.54, 1.807) is 6.07 Å². The van der Waals surface area contributed by atoms with Gasteiger partial charge in [0.25, 0.3) is 0 Å². The maximum absolute atomic E-state index is 13.7. The second kappa shape index (κ2) is 9.26. The number of hydrogen-bond donors (Lipinski definition) is 0. The molecule has 1 nitrogen and oxygen atoms in total. The van der Waals surface area contributed by atoms with Gasteiger partial charge < -0.3 is 4.74 Å². The third-order valence-corrected chi connectivity index (χ3v) is 3.86. The fourth-order valence-electron chi connectivity index (χ4n) is 2.25. The molecular formula is C20H15ClFORb. The summed E-state index contributed by atoms with van der Waals surface area (Å²) in [6.45, 7) is 2.35. The second-order valence-corrected chi connectivity index (χ2v) is 5.70. The minimum absolute atomic E-state index is 0. The molecule has 0 aliphatic carbocycles. The summed E-state index contributed by atoms with van der Waals surface area (Å²) in [4.78, 5) is 0. The van der Waals surface area contributed by atoms with Crippen LogP contribution < -0.4 is 62.9 Å². The Morgan fingerprint density at radius 1 is 0.958 bits per heavy atom. The number of aryl methyl sites for hydroxylation is 1. The van der Waals surface area contributed by atoms with Gasteiger partial charge in [-0.3, -0.25) is 4.39 Å². The van der Waals surface area contributed by atoms with Gasteiger partial charge in [0, 0.05) is 5.75 Å². The smallest absolute Gasteiger partial charge is 0.511 e. The SMILES string of the molecule is Cc1ccc(-c2ccc(COc3cc[c-]c(Cl)c3F)cc2)cc1.[Rb+]. The van der Waals surface area contributed by atoms with Gasteiger partial charge >= 0.3 is 58.2 Å². The summed E-state index contributed by atoms with van der Waals surface area (Å²) in [5, 5.41) is -0.0581. The van der Waals surface area contributed by atoms with E-state index in [1.165, 1.54) is 17.2 Å². The van der Waals surface area contributed by atoms with Crippen molar-refractivity contribution in [2.24, 2.45) is 0 Å². The Balaban J connectivity index is 0.00000208. The molecule has 116 valence electrons. The zero-order valence-corrected chi connectivity index (χ0v) is 19.3. The van der Waals surface area contributed by atoms with Crippen LogP contribution in [0.15, 0.2) is 60.7 Å². The first-order valence-electron chi connectivity index (χ1n) is 7.28. The summed E-state index contributed by atoms with van der Waals surface area (Å²) in [5.74, 6) is -0.443. The largest absolute Gasteiger partial charge is 1.00 e. The molecule has 24 heavy (non-hydrogen) atoms. The molecule has 4 heteroatoms. The van der Waals surface area contributed by atoms with Gasteiger partial charge in [0.15, 0.2) is 0 Å². The third kappa shape index (κ3) is 5.00. The number of rotatable bonds is 4. The van der Waals surface area contributed by atoms with Crippen molar-refractivity contribution in [2.75, 3.05) is 0 Å². The van der Waals surface area contributed by atoms with Crippen molar-refractivity contribution in [3.8, 4) is 16.9 Å². The molecule has 0 fully saturated rings. The number of ether oxygens (including phenoxy) is 1. The first-order valence-corrected chi connectivity index (χ1v) is 7.66. The van der Waals surface area contributed by atoms with Crippen LogP contribution in [-0.4, -0.2) is 0 Å². The molecule has 3 rings (SSSR count). The van der Waals surface area contributed by atoms with Crippen molar-refractivity contribution < 1.29 is 67.3 Å². The molecule has 0 heterocycles. The van der Waals surface area contributed by atoms with Crippen LogP contribution in [-0.2, 0) is 6.61 Å². The molecule has 0 aliphatic rings. The molecule has 0 saturated heterocycles. The minimum Gasteiger partial charge on any atom is -0.511 e. The first kappa shape index (κ1) is 19.8. The molecule has 0 radical (unpaired) electrons. The van der Waals surface area contributed by atoms with E-state index < -0.39 is 5.82 Å². The molecule has 0 atom stereocenters. The average molecular weight is 411 g/mol. The number of hydrogen-bond acceptors (Lipinski definition) is 1. The van der Waals surface area contributed by atoms with Crippen molar-refractivity contribution in [3.63, 3.8) is 0 Å². The molecule has 0 spiro atoms. The Labute approximate surface area is 195 Å². The zero-order valence-electron chi connectivity index (χ0n) is 13.6. The Kier molecular flexibility index (Phi) is 7.64. The summed E-state index contributed by atoms with van der Waals surface area (Å²) in [6.07, 6.45) is 0. The quantitative estimate of drug-likeness (QED) is 0.601. The predicted molar refractivity (Wildman–Crippen MR) is 91.2 cm³/mol. The topological polar surface area (TPSA) is 9.23 Å². The Bertz CT molecular complexity index is 801. The number of halogens is 2. The summed E-state index contributed by atoms with van der Waals surface area (Å²) >= 11 is 5.68. The zero-order chi connectivity index (χ0) is 16.2. The van der Waals surface area contributed by atoms with Crippen LogP contribution in [0.1, 0.15) is 11.1 Å². The first-order chi connectivity index (χ1) is 11.1. The molecule has 0 aliphatic heterocycles. The van der Waals surface area contributed by atoms with Crippen LogP contribution in [0.2, 0.25) is 5.02 Å². The van der Waals surface area contributed by atoms with E-state index in [2.05, 4.69) is 37.3 Å². The molecule has 0 amide bonds. The normalized spacial score (nSPS) is 10.1. The fourth-order valence-corrected chi connectivity index (χ4v) is 2.40. The second-order valence-electron chi connectivity index (χ2n) is 5.32. The number of benzene rings is 3. The van der Waals surface area contributed by atoms with Gasteiger partial charge in [0.1, 0.15) is 6.61 Å². The van der Waals surface area contributed by atoms with E-state index in [0.717, 1.165) is 11.1 Å². The predicted octanol–water partition coefficient (Wildman–Crippen LogP) is 2.84.